The summed E-state index contributed by atoms with van der Waals surface area (Å²) in [5.74, 6) is 0.887. The van der Waals surface area contributed by atoms with E-state index in [4.69, 9.17) is 0 Å². The second kappa shape index (κ2) is 6.94. The van der Waals surface area contributed by atoms with Crippen LogP contribution in [0.5, 0.6) is 0 Å². The topological polar surface area (TPSA) is 12.0 Å². The molecule has 0 amide bonds. The Hall–Kier alpha value is -0.820. The second-order valence-corrected chi connectivity index (χ2v) is 5.91. The van der Waals surface area contributed by atoms with Gasteiger partial charge in [-0.1, -0.05) is 55.5 Å². The zero-order chi connectivity index (χ0) is 12.8. The fourth-order valence-corrected chi connectivity index (χ4v) is 2.96. The fourth-order valence-electron chi connectivity index (χ4n) is 2.96. The summed E-state index contributed by atoms with van der Waals surface area (Å²) in [6.45, 7) is 5.52. The summed E-state index contributed by atoms with van der Waals surface area (Å²) in [6.07, 6.45) is 8.59. The van der Waals surface area contributed by atoms with Crippen molar-refractivity contribution in [2.75, 3.05) is 0 Å². The molecule has 0 saturated heterocycles. The lowest BCUT2D eigenvalue weighted by atomic mass is 9.93. The van der Waals surface area contributed by atoms with E-state index in [1.54, 1.807) is 0 Å². The van der Waals surface area contributed by atoms with Crippen molar-refractivity contribution in [3.8, 4) is 0 Å². The molecule has 1 aliphatic rings. The highest BCUT2D eigenvalue weighted by Gasteiger charge is 2.18. The van der Waals surface area contributed by atoms with E-state index in [9.17, 15) is 0 Å². The Morgan fingerprint density at radius 3 is 2.28 bits per heavy atom. The number of nitrogens with one attached hydrogen (secondary N) is 1. The average molecular weight is 245 g/mol. The quantitative estimate of drug-likeness (QED) is 0.773. The molecule has 18 heavy (non-hydrogen) atoms. The monoisotopic (exact) mass is 245 g/mol. The maximum Gasteiger partial charge on any atom is 0.0208 e. The van der Waals surface area contributed by atoms with Crippen LogP contribution in [0.3, 0.4) is 0 Å². The molecule has 1 atom stereocenters. The first-order valence-electron chi connectivity index (χ1n) is 7.54. The Balaban J connectivity index is 1.79. The second-order valence-electron chi connectivity index (χ2n) is 5.91. The molecule has 1 saturated carbocycles. The lowest BCUT2D eigenvalue weighted by Crippen LogP contribution is -2.32. The Kier molecular flexibility index (Phi) is 5.25. The fraction of sp³-hybridized carbons (Fsp3) is 0.647. The van der Waals surface area contributed by atoms with Gasteiger partial charge in [0.15, 0.2) is 0 Å². The number of hydrogen-bond donors (Lipinski definition) is 1. The summed E-state index contributed by atoms with van der Waals surface area (Å²) < 4.78 is 0. The summed E-state index contributed by atoms with van der Waals surface area (Å²) in [6, 6.07) is 9.54. The molecule has 2 rings (SSSR count). The van der Waals surface area contributed by atoms with Crippen molar-refractivity contribution in [2.45, 2.75) is 65.0 Å². The van der Waals surface area contributed by atoms with E-state index in [0.29, 0.717) is 6.04 Å². The van der Waals surface area contributed by atoms with Crippen LogP contribution in [0.4, 0.5) is 0 Å². The summed E-state index contributed by atoms with van der Waals surface area (Å²) >= 11 is 0. The van der Waals surface area contributed by atoms with Crippen LogP contribution >= 0.6 is 0 Å². The zero-order valence-electron chi connectivity index (χ0n) is 11.9. The van der Waals surface area contributed by atoms with Gasteiger partial charge in [0.05, 0.1) is 0 Å². The average Bonchev–Trinajstić information content (AvgIpc) is 2.66. The highest BCUT2D eigenvalue weighted by molar-refractivity contribution is 5.21. The van der Waals surface area contributed by atoms with Gasteiger partial charge in [0.25, 0.3) is 0 Å². The summed E-state index contributed by atoms with van der Waals surface area (Å²) in [5, 5.41) is 3.72. The molecule has 0 aliphatic heterocycles. The van der Waals surface area contributed by atoms with E-state index in [2.05, 4.69) is 43.4 Å². The molecule has 0 bridgehead atoms. The van der Waals surface area contributed by atoms with Gasteiger partial charge in [-0.15, -0.1) is 0 Å². The third-order valence-electron chi connectivity index (χ3n) is 4.36. The van der Waals surface area contributed by atoms with Crippen LogP contribution in [0.25, 0.3) is 0 Å². The minimum Gasteiger partial charge on any atom is -0.310 e. The van der Waals surface area contributed by atoms with Crippen molar-refractivity contribution >= 4 is 0 Å². The van der Waals surface area contributed by atoms with Gasteiger partial charge < -0.3 is 5.32 Å². The number of aryl methyl sites for hydroxylation is 1. The number of benzene rings is 1. The minimum absolute atomic E-state index is 0.657. The molecule has 1 aromatic carbocycles. The maximum absolute atomic E-state index is 3.72. The van der Waals surface area contributed by atoms with Crippen molar-refractivity contribution in [1.29, 1.82) is 0 Å². The molecule has 0 heterocycles. The maximum atomic E-state index is 3.72. The van der Waals surface area contributed by atoms with Gasteiger partial charge >= 0.3 is 0 Å². The molecule has 1 nitrogen and oxygen atoms in total. The summed E-state index contributed by atoms with van der Waals surface area (Å²) in [7, 11) is 0. The van der Waals surface area contributed by atoms with Gasteiger partial charge in [0.2, 0.25) is 0 Å². The van der Waals surface area contributed by atoms with Crippen molar-refractivity contribution in [2.24, 2.45) is 5.92 Å². The van der Waals surface area contributed by atoms with Gasteiger partial charge in [-0.2, -0.15) is 0 Å². The van der Waals surface area contributed by atoms with E-state index < -0.39 is 0 Å². The van der Waals surface area contributed by atoms with Crippen molar-refractivity contribution in [3.05, 3.63) is 35.4 Å². The van der Waals surface area contributed by atoms with Crippen LogP contribution < -0.4 is 5.32 Å². The largest absolute Gasteiger partial charge is 0.310 e. The van der Waals surface area contributed by atoms with E-state index in [-0.39, 0.29) is 0 Å². The Bertz CT molecular complexity index is 333. The first kappa shape index (κ1) is 13.6. The first-order chi connectivity index (χ1) is 8.75. The molecule has 0 unspecified atom stereocenters. The van der Waals surface area contributed by atoms with Crippen LogP contribution in [0.15, 0.2) is 24.3 Å². The number of rotatable bonds is 4. The SMILES string of the molecule is Cc1ccc(CN[C@H](C)C2CCCCCC2)cc1. The molecule has 100 valence electrons. The normalized spacial score (nSPS) is 19.4. The van der Waals surface area contributed by atoms with Gasteiger partial charge in [-0.3, -0.25) is 0 Å². The molecule has 0 spiro atoms. The molecule has 1 N–H and O–H groups in total. The highest BCUT2D eigenvalue weighted by Crippen LogP contribution is 2.25. The molecule has 0 aromatic heterocycles. The highest BCUT2D eigenvalue weighted by atomic mass is 14.9. The standard InChI is InChI=1S/C17H27N/c1-14-9-11-16(12-10-14)13-18-15(2)17-7-5-3-4-6-8-17/h9-12,15,17-18H,3-8,13H2,1-2H3/t15-/m1/s1. The van der Waals surface area contributed by atoms with E-state index >= 15 is 0 Å². The summed E-state index contributed by atoms with van der Waals surface area (Å²) in [5.41, 5.74) is 2.75. The predicted octanol–water partition coefficient (Wildman–Crippen LogP) is 4.44. The summed E-state index contributed by atoms with van der Waals surface area (Å²) in [4.78, 5) is 0. The van der Waals surface area contributed by atoms with Crippen LogP contribution in [-0.2, 0) is 6.54 Å². The van der Waals surface area contributed by atoms with Crippen LogP contribution in [0.1, 0.15) is 56.6 Å². The van der Waals surface area contributed by atoms with Crippen LogP contribution in [0.2, 0.25) is 0 Å². The Morgan fingerprint density at radius 1 is 1.06 bits per heavy atom. The molecule has 1 fully saturated rings. The van der Waals surface area contributed by atoms with Gasteiger partial charge in [0.1, 0.15) is 0 Å². The molecule has 0 radical (unpaired) electrons. The Labute approximate surface area is 112 Å². The van der Waals surface area contributed by atoms with Crippen LogP contribution in [-0.4, -0.2) is 6.04 Å². The molecule has 1 aromatic rings. The van der Waals surface area contributed by atoms with Crippen LogP contribution in [0, 0.1) is 12.8 Å². The third-order valence-corrected chi connectivity index (χ3v) is 4.36. The van der Waals surface area contributed by atoms with Crippen molar-refractivity contribution < 1.29 is 0 Å². The predicted molar refractivity (Wildman–Crippen MR) is 78.7 cm³/mol. The third kappa shape index (κ3) is 4.13. The van der Waals surface area contributed by atoms with E-state index in [0.717, 1.165) is 12.5 Å². The van der Waals surface area contributed by atoms with Gasteiger partial charge in [-0.05, 0) is 38.2 Å². The lowest BCUT2D eigenvalue weighted by molar-refractivity contribution is 0.336. The molecular formula is C17H27N. The Morgan fingerprint density at radius 2 is 1.67 bits per heavy atom. The molecular weight excluding hydrogens is 218 g/mol. The molecule has 1 heteroatoms. The van der Waals surface area contributed by atoms with Crippen molar-refractivity contribution in [3.63, 3.8) is 0 Å². The van der Waals surface area contributed by atoms with Gasteiger partial charge in [-0.25, -0.2) is 0 Å². The van der Waals surface area contributed by atoms with Crippen molar-refractivity contribution in [1.82, 2.24) is 5.32 Å². The minimum atomic E-state index is 0.657. The lowest BCUT2D eigenvalue weighted by Gasteiger charge is -2.23. The number of hydrogen-bond acceptors (Lipinski definition) is 1. The first-order valence-corrected chi connectivity index (χ1v) is 7.54. The zero-order valence-corrected chi connectivity index (χ0v) is 11.9. The van der Waals surface area contributed by atoms with E-state index in [1.807, 2.05) is 0 Å². The smallest absolute Gasteiger partial charge is 0.0208 e. The van der Waals surface area contributed by atoms with Gasteiger partial charge in [0, 0.05) is 12.6 Å². The molecule has 1 aliphatic carbocycles. The van der Waals surface area contributed by atoms with E-state index in [1.165, 1.54) is 49.7 Å².